The fourth-order valence-electron chi connectivity index (χ4n) is 5.54. The lowest BCUT2D eigenvalue weighted by molar-refractivity contribution is -0.164. The molecule has 178 valence electrons. The molecular weight excluding hydrogens is 446 g/mol. The summed E-state index contributed by atoms with van der Waals surface area (Å²) in [5.41, 5.74) is 3.64. The number of aliphatic carboxylic acids is 1. The Kier molecular flexibility index (Phi) is 5.30. The summed E-state index contributed by atoms with van der Waals surface area (Å²) in [7, 11) is 0. The first-order chi connectivity index (χ1) is 16.2. The van der Waals surface area contributed by atoms with Crippen molar-refractivity contribution in [2.75, 3.05) is 13.2 Å². The van der Waals surface area contributed by atoms with Gasteiger partial charge in [-0.3, -0.25) is 4.79 Å². The lowest BCUT2D eigenvalue weighted by atomic mass is 9.98. The van der Waals surface area contributed by atoms with E-state index in [-0.39, 0.29) is 24.5 Å². The molecule has 0 spiro atoms. The van der Waals surface area contributed by atoms with E-state index in [9.17, 15) is 23.2 Å². The second kappa shape index (κ2) is 8.07. The predicted molar refractivity (Wildman–Crippen MR) is 117 cm³/mol. The summed E-state index contributed by atoms with van der Waals surface area (Å²) in [6.07, 6.45) is 0.820. The summed E-state index contributed by atoms with van der Waals surface area (Å²) in [5.74, 6) is -6.98. The number of hydrogen-bond acceptors (Lipinski definition) is 4. The molecule has 2 aromatic carbocycles. The van der Waals surface area contributed by atoms with E-state index in [0.717, 1.165) is 22.3 Å². The number of hydrogen-bond donors (Lipinski definition) is 3. The summed E-state index contributed by atoms with van der Waals surface area (Å²) in [5, 5.41) is 13.4. The first kappa shape index (κ1) is 22.3. The number of carboxylic acid groups (broad SMARTS) is 1. The van der Waals surface area contributed by atoms with Gasteiger partial charge >= 0.3 is 18.0 Å². The first-order valence-corrected chi connectivity index (χ1v) is 11.2. The number of amides is 2. The van der Waals surface area contributed by atoms with Crippen molar-refractivity contribution in [2.24, 2.45) is 11.3 Å². The topological polar surface area (TPSA) is 105 Å². The van der Waals surface area contributed by atoms with Crippen molar-refractivity contribution in [3.63, 3.8) is 0 Å². The summed E-state index contributed by atoms with van der Waals surface area (Å²) >= 11 is 0. The van der Waals surface area contributed by atoms with Crippen molar-refractivity contribution >= 4 is 18.0 Å². The van der Waals surface area contributed by atoms with Gasteiger partial charge in [-0.25, -0.2) is 9.59 Å². The van der Waals surface area contributed by atoms with E-state index in [2.05, 4.69) is 22.8 Å². The zero-order chi connectivity index (χ0) is 24.1. The Hall–Kier alpha value is -3.49. The quantitative estimate of drug-likeness (QED) is 0.574. The molecule has 2 saturated carbocycles. The van der Waals surface area contributed by atoms with Crippen LogP contribution < -0.4 is 10.6 Å². The minimum atomic E-state index is -4.02. The van der Waals surface area contributed by atoms with Crippen molar-refractivity contribution in [1.29, 1.82) is 0 Å². The van der Waals surface area contributed by atoms with E-state index in [1.165, 1.54) is 0 Å². The van der Waals surface area contributed by atoms with Gasteiger partial charge in [0.25, 0.3) is 0 Å². The summed E-state index contributed by atoms with van der Waals surface area (Å²) < 4.78 is 32.1. The molecule has 0 aliphatic heterocycles. The fourth-order valence-corrected chi connectivity index (χ4v) is 5.54. The van der Waals surface area contributed by atoms with E-state index < -0.39 is 35.9 Å². The Balaban J connectivity index is 1.15. The number of fused-ring (bicyclic) bond motifs is 4. The van der Waals surface area contributed by atoms with E-state index in [1.54, 1.807) is 0 Å². The average Bonchev–Trinajstić information content (AvgIpc) is 3.24. The molecule has 3 atom stereocenters. The van der Waals surface area contributed by atoms with Crippen LogP contribution in [0.1, 0.15) is 36.3 Å². The number of carboxylic acids is 1. The third-order valence-electron chi connectivity index (χ3n) is 7.31. The molecule has 0 unspecified atom stereocenters. The third-order valence-corrected chi connectivity index (χ3v) is 7.31. The van der Waals surface area contributed by atoms with E-state index in [1.807, 2.05) is 36.4 Å². The molecule has 0 saturated heterocycles. The maximum Gasteiger partial charge on any atom is 0.407 e. The van der Waals surface area contributed by atoms with Crippen molar-refractivity contribution in [3.05, 3.63) is 59.7 Å². The molecule has 3 aliphatic rings. The summed E-state index contributed by atoms with van der Waals surface area (Å²) in [6.45, 7) is -1.08. The standard InChI is InChI=1S/C25H24F2N2O5/c26-25(27,22(31)32)13-28-21(30)24-10-14(24)9-15(11-24)29-23(33)34-12-20-18-7-3-1-5-16(18)17-6-2-4-8-19(17)20/h1-8,14-15,20H,9-13H2,(H,28,30)(H,29,33)(H,31,32)/t14-,15+,24+/m0/s1. The van der Waals surface area contributed by atoms with Crippen molar-refractivity contribution in [1.82, 2.24) is 10.6 Å². The number of halogens is 2. The van der Waals surface area contributed by atoms with Gasteiger partial charge in [0.1, 0.15) is 6.61 Å². The molecule has 7 nitrogen and oxygen atoms in total. The Morgan fingerprint density at radius 3 is 2.26 bits per heavy atom. The lowest BCUT2D eigenvalue weighted by Crippen LogP contribution is -2.45. The number of alkyl carbamates (subject to hydrolysis) is 1. The monoisotopic (exact) mass is 470 g/mol. The predicted octanol–water partition coefficient (Wildman–Crippen LogP) is 3.53. The second-order valence-corrected chi connectivity index (χ2v) is 9.36. The van der Waals surface area contributed by atoms with Crippen LogP contribution in [0.2, 0.25) is 0 Å². The van der Waals surface area contributed by atoms with Crippen LogP contribution in [-0.4, -0.2) is 48.2 Å². The van der Waals surface area contributed by atoms with Crippen molar-refractivity contribution in [2.45, 2.75) is 37.1 Å². The molecule has 2 amide bonds. The van der Waals surface area contributed by atoms with Gasteiger partial charge in [0, 0.05) is 12.0 Å². The Labute approximate surface area is 194 Å². The van der Waals surface area contributed by atoms with Crippen LogP contribution in [-0.2, 0) is 14.3 Å². The van der Waals surface area contributed by atoms with E-state index in [4.69, 9.17) is 9.84 Å². The number of benzene rings is 2. The van der Waals surface area contributed by atoms with Gasteiger partial charge in [-0.15, -0.1) is 0 Å². The Morgan fingerprint density at radius 1 is 1.03 bits per heavy atom. The van der Waals surface area contributed by atoms with Crippen LogP contribution in [0.4, 0.5) is 13.6 Å². The largest absolute Gasteiger partial charge is 0.477 e. The lowest BCUT2D eigenvalue weighted by Gasteiger charge is -2.20. The zero-order valence-corrected chi connectivity index (χ0v) is 18.2. The molecule has 34 heavy (non-hydrogen) atoms. The first-order valence-electron chi connectivity index (χ1n) is 11.2. The molecule has 9 heteroatoms. The highest BCUT2D eigenvalue weighted by molar-refractivity contribution is 5.87. The van der Waals surface area contributed by atoms with Gasteiger partial charge in [0.15, 0.2) is 0 Å². The molecule has 2 aromatic rings. The summed E-state index contributed by atoms with van der Waals surface area (Å²) in [6, 6.07) is 15.7. The number of carbonyl (C=O) groups is 3. The van der Waals surface area contributed by atoms with Crippen LogP contribution in [0, 0.1) is 11.3 Å². The van der Waals surface area contributed by atoms with Crippen molar-refractivity contribution < 1.29 is 33.0 Å². The van der Waals surface area contributed by atoms with Gasteiger partial charge in [-0.1, -0.05) is 48.5 Å². The highest BCUT2D eigenvalue weighted by atomic mass is 19.3. The fraction of sp³-hybridized carbons (Fsp3) is 0.400. The van der Waals surface area contributed by atoms with Crippen LogP contribution in [0.5, 0.6) is 0 Å². The number of nitrogens with one attached hydrogen (secondary N) is 2. The minimum Gasteiger partial charge on any atom is -0.477 e. The van der Waals surface area contributed by atoms with Gasteiger partial charge in [-0.05, 0) is 47.4 Å². The highest BCUT2D eigenvalue weighted by Crippen LogP contribution is 2.63. The van der Waals surface area contributed by atoms with Gasteiger partial charge in [0.2, 0.25) is 5.91 Å². The number of carbonyl (C=O) groups excluding carboxylic acids is 2. The van der Waals surface area contributed by atoms with Crippen LogP contribution in [0.3, 0.4) is 0 Å². The van der Waals surface area contributed by atoms with E-state index >= 15 is 0 Å². The van der Waals surface area contributed by atoms with Crippen molar-refractivity contribution in [3.8, 4) is 11.1 Å². The molecule has 3 aliphatic carbocycles. The number of ether oxygens (including phenoxy) is 1. The van der Waals surface area contributed by atoms with Crippen LogP contribution in [0.15, 0.2) is 48.5 Å². The molecule has 3 N–H and O–H groups in total. The van der Waals surface area contributed by atoms with Crippen LogP contribution >= 0.6 is 0 Å². The Bertz CT molecular complexity index is 1120. The highest BCUT2D eigenvalue weighted by Gasteiger charge is 2.65. The Morgan fingerprint density at radius 2 is 1.65 bits per heavy atom. The SMILES string of the molecule is O=C(N[C@@H]1C[C@H]2C[C@@]2(C(=O)NCC(F)(F)C(=O)O)C1)OCC1c2ccccc2-c2ccccc21. The molecule has 0 aromatic heterocycles. The van der Waals surface area contributed by atoms with Gasteiger partial charge in [-0.2, -0.15) is 8.78 Å². The number of rotatable bonds is 7. The molecular formula is C25H24F2N2O5. The summed E-state index contributed by atoms with van der Waals surface area (Å²) in [4.78, 5) is 35.5. The molecule has 0 heterocycles. The smallest absolute Gasteiger partial charge is 0.407 e. The van der Waals surface area contributed by atoms with Crippen LogP contribution in [0.25, 0.3) is 11.1 Å². The second-order valence-electron chi connectivity index (χ2n) is 9.36. The average molecular weight is 470 g/mol. The molecule has 5 rings (SSSR count). The maximum atomic E-state index is 13.3. The normalized spacial score (nSPS) is 24.5. The number of alkyl halides is 2. The zero-order valence-electron chi connectivity index (χ0n) is 18.2. The van der Waals surface area contributed by atoms with Gasteiger partial charge in [0.05, 0.1) is 12.0 Å². The molecule has 0 radical (unpaired) electrons. The molecule has 2 fully saturated rings. The molecule has 0 bridgehead atoms. The maximum absolute atomic E-state index is 13.3. The van der Waals surface area contributed by atoms with E-state index in [0.29, 0.717) is 19.3 Å². The third kappa shape index (κ3) is 3.78. The minimum absolute atomic E-state index is 0.0233. The van der Waals surface area contributed by atoms with Gasteiger partial charge < -0.3 is 20.5 Å².